The number of nitrogens with one attached hydrogen (secondary N) is 2. The Morgan fingerprint density at radius 2 is 1.56 bits per heavy atom. The molecule has 1 heterocycles. The number of benzene rings is 3. The van der Waals surface area contributed by atoms with Gasteiger partial charge in [0.05, 0.1) is 5.56 Å². The van der Waals surface area contributed by atoms with E-state index in [2.05, 4.69) is 22.5 Å². The van der Waals surface area contributed by atoms with Gasteiger partial charge in [-0.05, 0) is 79.3 Å². The normalized spacial score (nSPS) is 13.0. The maximum Gasteiger partial charge on any atom is 0.255 e. The van der Waals surface area contributed by atoms with Crippen LogP contribution >= 0.6 is 0 Å². The molecule has 0 spiro atoms. The van der Waals surface area contributed by atoms with E-state index < -0.39 is 0 Å². The number of anilines is 2. The molecular formula is C30H34FN3O2. The lowest BCUT2D eigenvalue weighted by molar-refractivity contribution is 0.0950. The first-order valence-electron chi connectivity index (χ1n) is 12.9. The summed E-state index contributed by atoms with van der Waals surface area (Å²) in [4.78, 5) is 28.3. The first-order chi connectivity index (χ1) is 17.5. The lowest BCUT2D eigenvalue weighted by Gasteiger charge is -2.22. The molecule has 1 aliphatic rings. The van der Waals surface area contributed by atoms with Gasteiger partial charge in [-0.15, -0.1) is 0 Å². The van der Waals surface area contributed by atoms with Crippen molar-refractivity contribution in [1.82, 2.24) is 5.32 Å². The summed E-state index contributed by atoms with van der Waals surface area (Å²) < 4.78 is 13.2. The van der Waals surface area contributed by atoms with E-state index in [1.165, 1.54) is 30.5 Å². The molecule has 0 bridgehead atoms. The predicted molar refractivity (Wildman–Crippen MR) is 143 cm³/mol. The highest BCUT2D eigenvalue weighted by molar-refractivity contribution is 6.06. The fourth-order valence-electron chi connectivity index (χ4n) is 4.51. The molecule has 188 valence electrons. The van der Waals surface area contributed by atoms with Crippen LogP contribution in [0.4, 0.5) is 15.8 Å². The summed E-state index contributed by atoms with van der Waals surface area (Å²) in [5.41, 5.74) is 4.58. The minimum atomic E-state index is -0.309. The molecule has 0 unspecified atom stereocenters. The molecule has 0 radical (unpaired) electrons. The van der Waals surface area contributed by atoms with E-state index in [4.69, 9.17) is 0 Å². The minimum absolute atomic E-state index is 0.207. The van der Waals surface area contributed by atoms with Gasteiger partial charge in [0.25, 0.3) is 11.8 Å². The van der Waals surface area contributed by atoms with Crippen LogP contribution in [0.3, 0.4) is 0 Å². The average molecular weight is 488 g/mol. The number of hydrogen-bond acceptors (Lipinski definition) is 3. The van der Waals surface area contributed by atoms with Crippen LogP contribution in [0, 0.1) is 5.82 Å². The zero-order valence-corrected chi connectivity index (χ0v) is 20.9. The monoisotopic (exact) mass is 487 g/mol. The third kappa shape index (κ3) is 6.72. The van der Waals surface area contributed by atoms with Crippen molar-refractivity contribution in [3.05, 3.63) is 94.8 Å². The quantitative estimate of drug-likeness (QED) is 0.328. The second-order valence-corrected chi connectivity index (χ2v) is 9.34. The Bertz CT molecular complexity index is 1170. The number of aryl methyl sites for hydroxylation is 1. The fourth-order valence-corrected chi connectivity index (χ4v) is 4.51. The maximum atomic E-state index is 13.2. The molecule has 4 rings (SSSR count). The number of nitrogens with zero attached hydrogens (tertiary/aromatic N) is 1. The highest BCUT2D eigenvalue weighted by Gasteiger charge is 2.20. The standard InChI is InChI=1S/C30H34FN3O2/c1-2-3-4-7-22-8-12-24(13-9-22)29(35)33-26-16-17-28(34-18-5-6-19-34)27(20-26)30(36)32-21-23-10-14-25(31)15-11-23/h8-17,20H,2-7,18-19,21H2,1H3,(H,32,36)(H,33,35). The molecule has 2 N–H and O–H groups in total. The SMILES string of the molecule is CCCCCc1ccc(C(=O)Nc2ccc(N3CCCC3)c(C(=O)NCc3ccc(F)cc3)c2)cc1. The predicted octanol–water partition coefficient (Wildman–Crippen LogP) is 6.34. The van der Waals surface area contributed by atoms with Crippen LogP contribution < -0.4 is 15.5 Å². The highest BCUT2D eigenvalue weighted by Crippen LogP contribution is 2.28. The van der Waals surface area contributed by atoms with E-state index in [1.54, 1.807) is 18.2 Å². The van der Waals surface area contributed by atoms with Crippen LogP contribution in [0.1, 0.15) is 70.9 Å². The number of halogens is 1. The Hall–Kier alpha value is -3.67. The molecule has 0 saturated carbocycles. The van der Waals surface area contributed by atoms with E-state index in [9.17, 15) is 14.0 Å². The smallest absolute Gasteiger partial charge is 0.255 e. The first kappa shape index (κ1) is 25.4. The Kier molecular flexibility index (Phi) is 8.71. The molecule has 6 heteroatoms. The van der Waals surface area contributed by atoms with Gasteiger partial charge in [-0.25, -0.2) is 4.39 Å². The third-order valence-electron chi connectivity index (χ3n) is 6.60. The van der Waals surface area contributed by atoms with E-state index in [0.717, 1.165) is 50.0 Å². The number of hydrogen-bond donors (Lipinski definition) is 2. The summed E-state index contributed by atoms with van der Waals surface area (Å²) in [6.45, 7) is 4.27. The van der Waals surface area contributed by atoms with Crippen molar-refractivity contribution in [3.63, 3.8) is 0 Å². The van der Waals surface area contributed by atoms with Gasteiger partial charge in [-0.3, -0.25) is 9.59 Å². The fraction of sp³-hybridized carbons (Fsp3) is 0.333. The summed E-state index contributed by atoms with van der Waals surface area (Å²) in [6.07, 6.45) is 6.73. The maximum absolute atomic E-state index is 13.2. The van der Waals surface area contributed by atoms with Gasteiger partial charge < -0.3 is 15.5 Å². The second-order valence-electron chi connectivity index (χ2n) is 9.34. The molecule has 1 saturated heterocycles. The van der Waals surface area contributed by atoms with Crippen LogP contribution in [0.25, 0.3) is 0 Å². The van der Waals surface area contributed by atoms with Gasteiger partial charge in [-0.1, -0.05) is 44.0 Å². The van der Waals surface area contributed by atoms with Crippen molar-refractivity contribution in [2.45, 2.75) is 52.0 Å². The molecule has 0 aromatic heterocycles. The Labute approximate surface area is 212 Å². The molecule has 1 aliphatic heterocycles. The van der Waals surface area contributed by atoms with Crippen molar-refractivity contribution in [1.29, 1.82) is 0 Å². The van der Waals surface area contributed by atoms with Gasteiger partial charge in [0.15, 0.2) is 0 Å². The van der Waals surface area contributed by atoms with E-state index in [0.29, 0.717) is 23.4 Å². The Morgan fingerprint density at radius 3 is 2.25 bits per heavy atom. The summed E-state index contributed by atoms with van der Waals surface area (Å²) in [5, 5.41) is 5.88. The van der Waals surface area contributed by atoms with Crippen LogP contribution in [0.15, 0.2) is 66.7 Å². The molecule has 3 aromatic carbocycles. The van der Waals surface area contributed by atoms with Crippen molar-refractivity contribution < 1.29 is 14.0 Å². The number of carbonyl (C=O) groups excluding carboxylic acids is 2. The minimum Gasteiger partial charge on any atom is -0.371 e. The van der Waals surface area contributed by atoms with Gasteiger partial charge in [0, 0.05) is 36.6 Å². The lowest BCUT2D eigenvalue weighted by Crippen LogP contribution is -2.27. The van der Waals surface area contributed by atoms with Crippen LogP contribution in [0.5, 0.6) is 0 Å². The zero-order valence-electron chi connectivity index (χ0n) is 20.9. The highest BCUT2D eigenvalue weighted by atomic mass is 19.1. The van der Waals surface area contributed by atoms with Crippen LogP contribution in [-0.4, -0.2) is 24.9 Å². The third-order valence-corrected chi connectivity index (χ3v) is 6.60. The van der Waals surface area contributed by atoms with Crippen LogP contribution in [-0.2, 0) is 13.0 Å². The molecule has 3 aromatic rings. The molecule has 5 nitrogen and oxygen atoms in total. The zero-order chi connectivity index (χ0) is 25.3. The van der Waals surface area contributed by atoms with Crippen molar-refractivity contribution >= 4 is 23.2 Å². The molecule has 0 aliphatic carbocycles. The summed E-state index contributed by atoms with van der Waals surface area (Å²) in [7, 11) is 0. The van der Waals surface area contributed by atoms with Crippen molar-refractivity contribution in [2.24, 2.45) is 0 Å². The number of unbranched alkanes of at least 4 members (excludes halogenated alkanes) is 2. The largest absolute Gasteiger partial charge is 0.371 e. The average Bonchev–Trinajstić information content (AvgIpc) is 3.43. The van der Waals surface area contributed by atoms with Crippen molar-refractivity contribution in [3.8, 4) is 0 Å². The van der Waals surface area contributed by atoms with Gasteiger partial charge in [-0.2, -0.15) is 0 Å². The van der Waals surface area contributed by atoms with Crippen molar-refractivity contribution in [2.75, 3.05) is 23.3 Å². The van der Waals surface area contributed by atoms with E-state index in [-0.39, 0.29) is 17.6 Å². The molecule has 2 amide bonds. The number of rotatable bonds is 10. The van der Waals surface area contributed by atoms with Crippen LogP contribution in [0.2, 0.25) is 0 Å². The number of amides is 2. The molecular weight excluding hydrogens is 453 g/mol. The second kappa shape index (κ2) is 12.3. The van der Waals surface area contributed by atoms with Gasteiger partial charge in [0.2, 0.25) is 0 Å². The summed E-state index contributed by atoms with van der Waals surface area (Å²) in [6, 6.07) is 19.3. The molecule has 1 fully saturated rings. The lowest BCUT2D eigenvalue weighted by atomic mass is 10.0. The van der Waals surface area contributed by atoms with Gasteiger partial charge in [0.1, 0.15) is 5.82 Å². The molecule has 36 heavy (non-hydrogen) atoms. The van der Waals surface area contributed by atoms with E-state index >= 15 is 0 Å². The topological polar surface area (TPSA) is 61.4 Å². The summed E-state index contributed by atoms with van der Waals surface area (Å²) in [5.74, 6) is -0.744. The molecule has 0 atom stereocenters. The summed E-state index contributed by atoms with van der Waals surface area (Å²) >= 11 is 0. The Balaban J connectivity index is 1.47. The number of carbonyl (C=O) groups is 2. The van der Waals surface area contributed by atoms with Gasteiger partial charge >= 0.3 is 0 Å². The first-order valence-corrected chi connectivity index (χ1v) is 12.9. The Morgan fingerprint density at radius 1 is 0.861 bits per heavy atom. The van der Waals surface area contributed by atoms with E-state index in [1.807, 2.05) is 36.4 Å².